The highest BCUT2D eigenvalue weighted by Crippen LogP contribution is 2.50. The lowest BCUT2D eigenvalue weighted by atomic mass is 9.63. The molecule has 0 fully saturated rings. The number of hydrogen-bond acceptors (Lipinski definition) is 2. The Kier molecular flexibility index (Phi) is 8.39. The minimum absolute atomic E-state index is 0.106. The number of fused-ring (bicyclic) bond motifs is 11. The molecule has 85 heavy (non-hydrogen) atoms. The van der Waals surface area contributed by atoms with E-state index in [2.05, 4.69) is 110 Å². The van der Waals surface area contributed by atoms with Crippen LogP contribution >= 0.6 is 0 Å². The fourth-order valence-corrected chi connectivity index (χ4v) is 12.2. The van der Waals surface area contributed by atoms with Crippen LogP contribution < -0.4 is 9.30 Å². The van der Waals surface area contributed by atoms with Crippen LogP contribution in [0.2, 0.25) is 0 Å². The van der Waals surface area contributed by atoms with Gasteiger partial charge in [0.2, 0.25) is 0 Å². The molecule has 0 radical (unpaired) electrons. The maximum absolute atomic E-state index is 10.6. The molecule has 14 rings (SSSR count). The van der Waals surface area contributed by atoms with Crippen molar-refractivity contribution in [3.05, 3.63) is 234 Å². The van der Waals surface area contributed by atoms with E-state index in [4.69, 9.17) is 17.9 Å². The lowest BCUT2D eigenvalue weighted by Gasteiger charge is -2.42. The van der Waals surface area contributed by atoms with Crippen LogP contribution in [0.1, 0.15) is 156 Å². The molecule has 12 aromatic rings. The van der Waals surface area contributed by atoms with Crippen LogP contribution in [-0.2, 0) is 27.1 Å². The Morgan fingerprint density at radius 3 is 1.88 bits per heavy atom. The van der Waals surface area contributed by atoms with E-state index >= 15 is 0 Å². The van der Waals surface area contributed by atoms with Crippen molar-refractivity contribution in [3.8, 4) is 84.3 Å². The molecule has 0 unspecified atom stereocenters. The normalized spacial score (nSPS) is 19.6. The largest absolute Gasteiger partial charge is 0.458 e. The van der Waals surface area contributed by atoms with Crippen molar-refractivity contribution in [1.29, 1.82) is 0 Å². The number of ether oxygens (including phenoxy) is 1. The molecule has 0 N–H and O–H groups in total. The number of para-hydroxylation sites is 3. The van der Waals surface area contributed by atoms with E-state index < -0.39 is 85.8 Å². The van der Waals surface area contributed by atoms with Crippen LogP contribution in [0.15, 0.2) is 200 Å². The molecule has 0 amide bonds. The average molecular weight is 1130 g/mol. The van der Waals surface area contributed by atoms with Gasteiger partial charge in [-0.3, -0.25) is 13.7 Å². The first-order chi connectivity index (χ1) is 48.3. The molecule has 5 nitrogen and oxygen atoms in total. The van der Waals surface area contributed by atoms with Gasteiger partial charge in [0.25, 0.3) is 6.33 Å². The Morgan fingerprint density at radius 1 is 0.506 bits per heavy atom. The summed E-state index contributed by atoms with van der Waals surface area (Å²) in [6.45, 7) is 2.32. The second-order valence-electron chi connectivity index (χ2n) is 25.8. The quantitative estimate of drug-likeness (QED) is 0.123. The predicted molar refractivity (Wildman–Crippen MR) is 354 cm³/mol. The maximum Gasteiger partial charge on any atom is 0.269 e. The Morgan fingerprint density at radius 2 is 1.13 bits per heavy atom. The van der Waals surface area contributed by atoms with Gasteiger partial charge in [-0.25, -0.2) is 4.98 Å². The molecule has 0 atom stereocenters. The number of benzene rings is 9. The first kappa shape index (κ1) is 36.8. The zero-order valence-corrected chi connectivity index (χ0v) is 49.0. The Hall–Kier alpha value is -8.80. The highest BCUT2D eigenvalue weighted by atomic mass is 16.5. The topological polar surface area (TPSA) is 35.9 Å². The van der Waals surface area contributed by atoms with E-state index in [0.717, 1.165) is 66.6 Å². The zero-order chi connectivity index (χ0) is 75.3. The summed E-state index contributed by atoms with van der Waals surface area (Å²) in [5.74, 6) is 1.67. The lowest BCUT2D eigenvalue weighted by molar-refractivity contribution is -0.570. The van der Waals surface area contributed by atoms with Crippen molar-refractivity contribution in [1.82, 2.24) is 14.1 Å². The average Bonchev–Trinajstić information content (AvgIpc) is 0.740. The number of nitrogens with zero attached hydrogens (tertiary/aromatic N) is 4. The van der Waals surface area contributed by atoms with Gasteiger partial charge in [0.1, 0.15) is 17.3 Å². The molecular weight excluding hydrogens is 1030 g/mol. The summed E-state index contributed by atoms with van der Waals surface area (Å²) in [7, 11) is 0. The fourth-order valence-electron chi connectivity index (χ4n) is 12.2. The van der Waals surface area contributed by atoms with E-state index in [1.54, 1.807) is 21.3 Å². The van der Waals surface area contributed by atoms with E-state index in [1.165, 1.54) is 6.07 Å². The second-order valence-corrected chi connectivity index (χ2v) is 25.8. The zero-order valence-electron chi connectivity index (χ0n) is 68.0. The van der Waals surface area contributed by atoms with Gasteiger partial charge < -0.3 is 4.74 Å². The number of aromatic nitrogens is 4. The number of rotatable bonds is 6. The van der Waals surface area contributed by atoms with E-state index in [1.807, 2.05) is 128 Å². The lowest BCUT2D eigenvalue weighted by Crippen LogP contribution is -2.34. The molecular formula is C80H76N4O. The summed E-state index contributed by atoms with van der Waals surface area (Å²) in [5, 5.41) is 2.01. The molecule has 2 aliphatic rings. The van der Waals surface area contributed by atoms with Gasteiger partial charge in [0.05, 0.1) is 37.6 Å². The standard InChI is InChI=1S/C80H76N4O/c1-76(2,3)53-37-40-81-73(46-53)84-70-29-17-16-25-63(70)64-35-33-58(48-72(64)84)85-57-22-18-21-56(47-57)82-49-83-74-59(51-32-36-68-69(44-51)80(12,13)39-38-79(68,10)11)26-19-27-66(74)67-43-50(52-41-54(77(4,5)6)45-55(42-52)78(7,8)9)31-34-62(67)60-23-14-15-24-61(60)65-28-20-30-71(82)75(65)83/h14-37,40-48H,38-39H2,1-13H3/i10D3,11D3,12D3,13D3,32D,36D,38D2,39D2,44D. The Labute approximate surface area is 529 Å². The second kappa shape index (κ2) is 19.4. The summed E-state index contributed by atoms with van der Waals surface area (Å²) in [5.41, 5.74) is -1.22. The highest BCUT2D eigenvalue weighted by molar-refractivity contribution is 6.09. The Bertz CT molecular complexity index is 5490. The molecule has 1 aliphatic heterocycles. The minimum atomic E-state index is -4.54. The van der Waals surface area contributed by atoms with Crippen molar-refractivity contribution in [2.45, 2.75) is 130 Å². The monoisotopic (exact) mass is 1130 g/mol. The maximum atomic E-state index is 10.6. The van der Waals surface area contributed by atoms with Gasteiger partial charge in [-0.2, -0.15) is 0 Å². The smallest absolute Gasteiger partial charge is 0.269 e. The summed E-state index contributed by atoms with van der Waals surface area (Å²) in [6.07, 6.45) is -3.58. The van der Waals surface area contributed by atoms with E-state index in [0.29, 0.717) is 50.5 Å². The molecule has 5 heteroatoms. The van der Waals surface area contributed by atoms with Gasteiger partial charge in [0, 0.05) is 45.0 Å². The van der Waals surface area contributed by atoms with E-state index in [-0.39, 0.29) is 27.5 Å². The van der Waals surface area contributed by atoms with Crippen LogP contribution in [0.25, 0.3) is 106 Å². The first-order valence-corrected chi connectivity index (χ1v) is 28.8. The molecule has 1 aliphatic carbocycles. The van der Waals surface area contributed by atoms with Crippen molar-refractivity contribution in [2.75, 3.05) is 0 Å². The van der Waals surface area contributed by atoms with Crippen molar-refractivity contribution in [3.63, 3.8) is 0 Å². The molecule has 422 valence electrons. The summed E-state index contributed by atoms with van der Waals surface area (Å²) in [6, 6.07) is 52.7. The number of imidazole rings is 1. The highest BCUT2D eigenvalue weighted by Gasteiger charge is 2.38. The van der Waals surface area contributed by atoms with Crippen LogP contribution in [0.4, 0.5) is 0 Å². The molecule has 0 spiro atoms. The van der Waals surface area contributed by atoms with Gasteiger partial charge in [0.15, 0.2) is 0 Å². The van der Waals surface area contributed by atoms with Crippen LogP contribution in [-0.4, -0.2) is 14.1 Å². The van der Waals surface area contributed by atoms with Crippen LogP contribution in [0.3, 0.4) is 0 Å². The third-order valence-corrected chi connectivity index (χ3v) is 16.8. The van der Waals surface area contributed by atoms with Gasteiger partial charge in [-0.15, -0.1) is 0 Å². The van der Waals surface area contributed by atoms with E-state index in [9.17, 15) is 17.8 Å². The predicted octanol–water partition coefficient (Wildman–Crippen LogP) is 20.9. The fraction of sp³-hybridized carbons (Fsp3) is 0.250. The number of pyridine rings is 1. The van der Waals surface area contributed by atoms with Gasteiger partial charge >= 0.3 is 0 Å². The van der Waals surface area contributed by atoms with Crippen LogP contribution in [0.5, 0.6) is 11.5 Å². The molecule has 9 aromatic carbocycles. The van der Waals surface area contributed by atoms with Gasteiger partial charge in [-0.05, 0) is 178 Å². The molecule has 0 bridgehead atoms. The summed E-state index contributed by atoms with van der Waals surface area (Å²) < 4.78 is 191. The van der Waals surface area contributed by atoms with Crippen molar-refractivity contribution in [2.24, 2.45) is 0 Å². The number of hydrogen-bond donors (Lipinski definition) is 0. The Balaban J connectivity index is 1.09. The van der Waals surface area contributed by atoms with Crippen molar-refractivity contribution >= 4 is 32.8 Å². The minimum Gasteiger partial charge on any atom is -0.458 e. The first-order valence-electron chi connectivity index (χ1n) is 38.3. The molecule has 0 saturated carbocycles. The summed E-state index contributed by atoms with van der Waals surface area (Å²) in [4.78, 5) is 4.88. The molecule has 0 saturated heterocycles. The SMILES string of the molecule is [2H]c1c([2H])c2c(c([2H])c1-c1cccc3c1-[n+]1[c-]n(-c4cccc(Oc5ccc6c7ccccc7n(-c7cc(C(C)(C)C)ccn7)c6c5)c4)c4cccc(c41)-c1ccccc1-c1ccc(-c4cc(C(C)(C)C)cc(C(C)(C)C)c4)cc1-3)C(C([2H])([2H])[2H])(C([2H])([2H])[2H])C([2H])([2H])C([2H])([2H])C2(C([2H])([2H])[2H])C([2H])([2H])[2H]. The summed E-state index contributed by atoms with van der Waals surface area (Å²) >= 11 is 0. The molecule has 4 heterocycles. The third kappa shape index (κ3) is 9.21. The van der Waals surface area contributed by atoms with Gasteiger partial charge in [-0.1, -0.05) is 223 Å². The third-order valence-electron chi connectivity index (χ3n) is 16.8. The van der Waals surface area contributed by atoms with Crippen molar-refractivity contribution < 1.29 is 35.3 Å². The van der Waals surface area contributed by atoms with Crippen LogP contribution in [0, 0.1) is 6.33 Å². The molecule has 3 aromatic heterocycles.